The lowest BCUT2D eigenvalue weighted by Gasteiger charge is -2.38. The van der Waals surface area contributed by atoms with Crippen LogP contribution in [0.1, 0.15) is 43.4 Å². The molecule has 0 saturated carbocycles. The second-order valence-corrected chi connectivity index (χ2v) is 10.9. The Morgan fingerprint density at radius 1 is 0.907 bits per heavy atom. The first-order chi connectivity index (χ1) is 20.9. The molecule has 1 amide bonds. The smallest absolute Gasteiger partial charge is 0.269 e. The molecule has 9 heteroatoms. The molecule has 3 aliphatic heterocycles. The largest absolute Gasteiger partial charge is 0.497 e. The van der Waals surface area contributed by atoms with Gasteiger partial charge in [-0.2, -0.15) is 0 Å². The number of para-hydroxylation sites is 1. The number of nitro groups is 1. The van der Waals surface area contributed by atoms with E-state index in [4.69, 9.17) is 4.74 Å². The number of nitro benzene ring substituents is 1. The average molecular weight is 572 g/mol. The van der Waals surface area contributed by atoms with Crippen LogP contribution in [0, 0.1) is 16.0 Å². The third kappa shape index (κ3) is 3.74. The van der Waals surface area contributed by atoms with E-state index in [9.17, 15) is 24.5 Å². The van der Waals surface area contributed by atoms with Crippen molar-refractivity contribution in [3.8, 4) is 5.75 Å². The summed E-state index contributed by atoms with van der Waals surface area (Å²) in [6.07, 6.45) is 3.69. The lowest BCUT2D eigenvalue weighted by molar-refractivity contribution is -0.384. The molecule has 0 radical (unpaired) electrons. The Labute approximate surface area is 246 Å². The van der Waals surface area contributed by atoms with Crippen LogP contribution >= 0.6 is 0 Å². The van der Waals surface area contributed by atoms with Crippen molar-refractivity contribution >= 4 is 34.9 Å². The number of carbonyl (C=O) groups excluding carboxylic acids is 3. The lowest BCUT2D eigenvalue weighted by atomic mass is 9.62. The first-order valence-corrected chi connectivity index (χ1v) is 13.8. The maximum absolute atomic E-state index is 14.8. The minimum Gasteiger partial charge on any atom is -0.497 e. The van der Waals surface area contributed by atoms with Gasteiger partial charge in [-0.05, 0) is 53.1 Å². The highest BCUT2D eigenvalue weighted by molar-refractivity contribution is 6.16. The van der Waals surface area contributed by atoms with E-state index >= 15 is 0 Å². The molecule has 1 N–H and O–H groups in total. The van der Waals surface area contributed by atoms with Crippen molar-refractivity contribution in [2.75, 3.05) is 12.4 Å². The molecular formula is C34H25N3O6. The molecule has 4 aromatic rings. The fourth-order valence-electron chi connectivity index (χ4n) is 7.04. The number of methoxy groups -OCH3 is 1. The molecule has 0 aliphatic carbocycles. The average Bonchev–Trinajstić information content (AvgIpc) is 3.52. The molecule has 3 aliphatic rings. The van der Waals surface area contributed by atoms with Gasteiger partial charge in [0.15, 0.2) is 11.6 Å². The number of Topliss-reactive ketones (excluding diaryl/α,β-unsaturated/α-hetero) is 2. The topological polar surface area (TPSA) is 119 Å². The van der Waals surface area contributed by atoms with Gasteiger partial charge >= 0.3 is 0 Å². The third-order valence-corrected chi connectivity index (χ3v) is 8.84. The number of ketones is 2. The van der Waals surface area contributed by atoms with E-state index in [-0.39, 0.29) is 22.9 Å². The second kappa shape index (κ2) is 9.77. The first kappa shape index (κ1) is 26.3. The molecular weight excluding hydrogens is 546 g/mol. The number of nitrogens with zero attached hydrogens (tertiary/aromatic N) is 2. The Bertz CT molecular complexity index is 1870. The molecule has 4 aromatic carbocycles. The number of carbonyl (C=O) groups is 3. The summed E-state index contributed by atoms with van der Waals surface area (Å²) in [7, 11) is 1.51. The summed E-state index contributed by atoms with van der Waals surface area (Å²) in [5.41, 5.74) is 1.76. The zero-order valence-corrected chi connectivity index (χ0v) is 23.0. The molecule has 0 bridgehead atoms. The Morgan fingerprint density at radius 2 is 1.65 bits per heavy atom. The molecule has 0 aromatic heterocycles. The molecule has 9 nitrogen and oxygen atoms in total. The minimum absolute atomic E-state index is 0.167. The van der Waals surface area contributed by atoms with Crippen LogP contribution < -0.4 is 10.1 Å². The van der Waals surface area contributed by atoms with Gasteiger partial charge in [0.05, 0.1) is 24.0 Å². The minimum atomic E-state index is -1.49. The quantitative estimate of drug-likeness (QED) is 0.182. The predicted molar refractivity (Wildman–Crippen MR) is 159 cm³/mol. The van der Waals surface area contributed by atoms with E-state index in [2.05, 4.69) is 5.32 Å². The summed E-state index contributed by atoms with van der Waals surface area (Å²) in [6, 6.07) is 25.2. The molecule has 43 heavy (non-hydrogen) atoms. The Balaban J connectivity index is 1.51. The van der Waals surface area contributed by atoms with E-state index in [0.717, 1.165) is 11.1 Å². The maximum atomic E-state index is 14.8. The van der Waals surface area contributed by atoms with Crippen LogP contribution in [-0.4, -0.2) is 40.4 Å². The van der Waals surface area contributed by atoms with Crippen molar-refractivity contribution in [2.24, 2.45) is 5.92 Å². The number of hydrogen-bond donors (Lipinski definition) is 1. The highest BCUT2D eigenvalue weighted by Crippen LogP contribution is 2.62. The summed E-state index contributed by atoms with van der Waals surface area (Å²) in [5.74, 6) is -1.88. The molecule has 1 spiro atoms. The monoisotopic (exact) mass is 571 g/mol. The number of benzene rings is 4. The van der Waals surface area contributed by atoms with E-state index in [1.54, 1.807) is 36.5 Å². The third-order valence-electron chi connectivity index (χ3n) is 8.84. The van der Waals surface area contributed by atoms with Gasteiger partial charge in [0.25, 0.3) is 5.69 Å². The van der Waals surface area contributed by atoms with E-state index in [1.165, 1.54) is 31.4 Å². The first-order valence-electron chi connectivity index (χ1n) is 13.8. The maximum Gasteiger partial charge on any atom is 0.269 e. The lowest BCUT2D eigenvalue weighted by Crippen LogP contribution is -2.49. The van der Waals surface area contributed by atoms with Crippen molar-refractivity contribution < 1.29 is 24.0 Å². The fraction of sp³-hybridized carbons (Fsp3) is 0.147. The van der Waals surface area contributed by atoms with Gasteiger partial charge in [-0.3, -0.25) is 24.5 Å². The van der Waals surface area contributed by atoms with Crippen LogP contribution in [0.25, 0.3) is 6.08 Å². The molecule has 0 unspecified atom stereocenters. The predicted octanol–water partition coefficient (Wildman–Crippen LogP) is 5.59. The number of fused-ring (bicyclic) bond motifs is 6. The number of hydrogen-bond acceptors (Lipinski definition) is 7. The molecule has 212 valence electrons. The van der Waals surface area contributed by atoms with E-state index < -0.39 is 34.1 Å². The molecule has 1 saturated heterocycles. The summed E-state index contributed by atoms with van der Waals surface area (Å²) >= 11 is 0. The van der Waals surface area contributed by atoms with Crippen LogP contribution in [0.2, 0.25) is 0 Å². The van der Waals surface area contributed by atoms with Crippen LogP contribution in [-0.2, 0) is 10.2 Å². The fourth-order valence-corrected chi connectivity index (χ4v) is 7.04. The number of non-ortho nitro benzene ring substituents is 1. The van der Waals surface area contributed by atoms with Gasteiger partial charge in [-0.1, -0.05) is 54.6 Å². The SMILES string of the molecule is COc1cccc(C(=O)[C@@H]2[C@H](C(=O)c3ccc([N+](=O)[O-])cc3)[C@]3(C(=O)Nc4ccccc43)[C@@H]3c4ccccc4C=CN23)c1. The van der Waals surface area contributed by atoms with Crippen molar-refractivity contribution in [3.05, 3.63) is 141 Å². The highest BCUT2D eigenvalue weighted by Gasteiger charge is 2.70. The standard InChI is InChI=1S/C34H25N3O6/c1-43-24-9-6-8-22(19-24)31(39)29-28(30(38)21-13-15-23(16-14-21)37(41)42)34(26-11-4-5-12-27(26)35-33(34)40)32-25-10-3-2-7-20(25)17-18-36(29)32/h2-19,28-29,32H,1H3,(H,35,40)/t28-,29+,32+,34+/m1/s1. The van der Waals surface area contributed by atoms with E-state index in [0.29, 0.717) is 22.6 Å². The molecule has 7 rings (SSSR count). The van der Waals surface area contributed by atoms with Crippen molar-refractivity contribution in [2.45, 2.75) is 17.5 Å². The molecule has 4 atom stereocenters. The highest BCUT2D eigenvalue weighted by atomic mass is 16.6. The van der Waals surface area contributed by atoms with Crippen LogP contribution in [0.5, 0.6) is 5.75 Å². The number of ether oxygens (including phenoxy) is 1. The van der Waals surface area contributed by atoms with E-state index in [1.807, 2.05) is 53.4 Å². The zero-order chi connectivity index (χ0) is 29.9. The number of rotatable bonds is 6. The van der Waals surface area contributed by atoms with Crippen LogP contribution in [0.15, 0.2) is 103 Å². The normalized spacial score (nSPS) is 22.9. The van der Waals surface area contributed by atoms with Crippen molar-refractivity contribution in [3.63, 3.8) is 0 Å². The van der Waals surface area contributed by atoms with Crippen molar-refractivity contribution in [1.29, 1.82) is 0 Å². The van der Waals surface area contributed by atoms with Crippen LogP contribution in [0.4, 0.5) is 11.4 Å². The molecule has 3 heterocycles. The Morgan fingerprint density at radius 3 is 2.42 bits per heavy atom. The van der Waals surface area contributed by atoms with Gasteiger partial charge in [0.2, 0.25) is 5.91 Å². The van der Waals surface area contributed by atoms with Gasteiger partial charge in [0, 0.05) is 35.1 Å². The summed E-state index contributed by atoms with van der Waals surface area (Å²) in [5, 5.41) is 14.4. The van der Waals surface area contributed by atoms with Crippen molar-refractivity contribution in [1.82, 2.24) is 4.90 Å². The summed E-state index contributed by atoms with van der Waals surface area (Å²) in [4.78, 5) is 56.6. The van der Waals surface area contributed by atoms with Gasteiger partial charge in [-0.25, -0.2) is 0 Å². The van der Waals surface area contributed by atoms with Crippen LogP contribution in [0.3, 0.4) is 0 Å². The number of nitrogens with one attached hydrogen (secondary N) is 1. The Hall–Kier alpha value is -5.57. The Kier molecular flexibility index (Phi) is 5.98. The van der Waals surface area contributed by atoms with Gasteiger partial charge < -0.3 is 15.0 Å². The summed E-state index contributed by atoms with van der Waals surface area (Å²) in [6.45, 7) is 0. The van der Waals surface area contributed by atoms with Gasteiger partial charge in [0.1, 0.15) is 17.2 Å². The second-order valence-electron chi connectivity index (χ2n) is 10.9. The number of anilines is 1. The molecule has 1 fully saturated rings. The van der Waals surface area contributed by atoms with Gasteiger partial charge in [-0.15, -0.1) is 0 Å². The summed E-state index contributed by atoms with van der Waals surface area (Å²) < 4.78 is 5.39. The number of amides is 1. The zero-order valence-electron chi connectivity index (χ0n) is 23.0.